The lowest BCUT2D eigenvalue weighted by Crippen LogP contribution is -2.44. The number of nitrogens with zero attached hydrogens (tertiary/aromatic N) is 9. The van der Waals surface area contributed by atoms with E-state index in [-0.39, 0.29) is 31.1 Å². The van der Waals surface area contributed by atoms with Gasteiger partial charge in [-0.25, -0.2) is 4.79 Å². The lowest BCUT2D eigenvalue weighted by molar-refractivity contribution is 0.0369. The first-order valence-corrected chi connectivity index (χ1v) is 14.5. The lowest BCUT2D eigenvalue weighted by atomic mass is 9.91. The molecule has 0 bridgehead atoms. The van der Waals surface area contributed by atoms with Crippen molar-refractivity contribution in [2.24, 2.45) is 10.2 Å². The molecule has 1 atom stereocenters. The van der Waals surface area contributed by atoms with Crippen LogP contribution in [0.5, 0.6) is 11.5 Å². The third-order valence-corrected chi connectivity index (χ3v) is 8.08. The largest absolute Gasteiger partial charge is 0.486 e. The van der Waals surface area contributed by atoms with Gasteiger partial charge in [0.25, 0.3) is 5.91 Å². The molecule has 44 heavy (non-hydrogen) atoms. The van der Waals surface area contributed by atoms with Crippen LogP contribution in [0, 0.1) is 0 Å². The molecule has 1 aliphatic heterocycles. The minimum Gasteiger partial charge on any atom is -0.486 e. The van der Waals surface area contributed by atoms with E-state index in [0.29, 0.717) is 31.6 Å². The molecule has 1 aromatic heterocycles. The van der Waals surface area contributed by atoms with Crippen LogP contribution >= 0.6 is 0 Å². The summed E-state index contributed by atoms with van der Waals surface area (Å²) in [5.74, 6) is 1.45. The Morgan fingerprint density at radius 2 is 1.68 bits per heavy atom. The number of rotatable bonds is 9. The van der Waals surface area contributed by atoms with Gasteiger partial charge in [0.1, 0.15) is 18.8 Å². The van der Waals surface area contributed by atoms with Gasteiger partial charge in [-0.1, -0.05) is 28.4 Å². The molecule has 0 saturated heterocycles. The summed E-state index contributed by atoms with van der Waals surface area (Å²) >= 11 is 0. The molecular formula is C30H31N9O5. The van der Waals surface area contributed by atoms with Crippen LogP contribution < -0.4 is 9.47 Å². The van der Waals surface area contributed by atoms with Gasteiger partial charge < -0.3 is 19.1 Å². The summed E-state index contributed by atoms with van der Waals surface area (Å²) in [6, 6.07) is 13.7. The van der Waals surface area contributed by atoms with Crippen molar-refractivity contribution in [2.45, 2.75) is 56.7 Å². The fourth-order valence-corrected chi connectivity index (χ4v) is 5.71. The van der Waals surface area contributed by atoms with Gasteiger partial charge in [-0.3, -0.25) is 4.79 Å². The van der Waals surface area contributed by atoms with E-state index in [1.165, 1.54) is 6.92 Å². The zero-order chi connectivity index (χ0) is 30.7. The molecule has 1 fully saturated rings. The van der Waals surface area contributed by atoms with Crippen LogP contribution in [0.15, 0.2) is 58.9 Å². The summed E-state index contributed by atoms with van der Waals surface area (Å²) in [5, 5.41) is 11.4. The summed E-state index contributed by atoms with van der Waals surface area (Å²) < 4.78 is 18.0. The van der Waals surface area contributed by atoms with Gasteiger partial charge in [0, 0.05) is 33.7 Å². The number of ether oxygens (including phenoxy) is 3. The molecule has 0 spiro atoms. The molecule has 14 nitrogen and oxygen atoms in total. The van der Waals surface area contributed by atoms with Crippen molar-refractivity contribution in [1.82, 2.24) is 14.7 Å². The molecule has 14 heteroatoms. The molecule has 1 saturated carbocycles. The molecular weight excluding hydrogens is 566 g/mol. The number of fused-ring (bicyclic) bond motifs is 2. The third kappa shape index (κ3) is 6.12. The summed E-state index contributed by atoms with van der Waals surface area (Å²) in [6.07, 6.45) is 4.68. The molecule has 3 aliphatic rings. The molecule has 2 heterocycles. The summed E-state index contributed by atoms with van der Waals surface area (Å²) in [7, 11) is 0. The Labute approximate surface area is 252 Å². The van der Waals surface area contributed by atoms with E-state index < -0.39 is 11.7 Å². The van der Waals surface area contributed by atoms with E-state index >= 15 is 0 Å². The second-order valence-corrected chi connectivity index (χ2v) is 11.4. The standard InChI is InChI=1S/C30H31N9O5/c1-30(17-33-36-31,18-34-37-32)44-29(41)38-16-22-14-24(9-10-25(22)35-38)39(23-7-8-23)28(40)20-4-2-19(3-5-20)21-6-11-26-27(15-21)43-13-12-42-26/h2-6,11,15-16,23-24H,7-10,12-14,17-18H2,1H3. The zero-order valence-electron chi connectivity index (χ0n) is 24.2. The van der Waals surface area contributed by atoms with Crippen molar-refractivity contribution >= 4 is 12.0 Å². The van der Waals surface area contributed by atoms with Crippen molar-refractivity contribution in [3.8, 4) is 22.6 Å². The van der Waals surface area contributed by atoms with Crippen LogP contribution in [-0.4, -0.2) is 70.7 Å². The van der Waals surface area contributed by atoms with E-state index in [2.05, 4.69) is 25.2 Å². The topological polar surface area (TPSA) is 180 Å². The van der Waals surface area contributed by atoms with Crippen LogP contribution in [0.1, 0.15) is 47.8 Å². The highest BCUT2D eigenvalue weighted by molar-refractivity contribution is 5.95. The first-order valence-electron chi connectivity index (χ1n) is 14.5. The van der Waals surface area contributed by atoms with Gasteiger partial charge in [0.05, 0.1) is 18.8 Å². The average molecular weight is 598 g/mol. The predicted molar refractivity (Wildman–Crippen MR) is 158 cm³/mol. The molecule has 0 radical (unpaired) electrons. The SMILES string of the molecule is CC(CN=[N+]=[N-])(CN=[N+]=[N-])OC(=O)n1cc2c(n1)CCC(N(C(=O)c1ccc(-c3ccc4c(c3)OCCO4)cc1)C1CC1)C2. The van der Waals surface area contributed by atoms with E-state index in [0.717, 1.165) is 57.8 Å². The number of carbonyl (C=O) groups is 2. The first-order chi connectivity index (χ1) is 21.4. The number of aryl methyl sites for hydroxylation is 1. The van der Waals surface area contributed by atoms with Crippen LogP contribution in [0.3, 0.4) is 0 Å². The Kier molecular flexibility index (Phi) is 8.01. The monoisotopic (exact) mass is 597 g/mol. The Hall–Kier alpha value is -5.19. The van der Waals surface area contributed by atoms with Crippen molar-refractivity contribution in [2.75, 3.05) is 26.3 Å². The van der Waals surface area contributed by atoms with Crippen LogP contribution in [0.4, 0.5) is 4.79 Å². The molecule has 1 unspecified atom stereocenters. The Morgan fingerprint density at radius 3 is 2.36 bits per heavy atom. The third-order valence-electron chi connectivity index (χ3n) is 8.08. The maximum absolute atomic E-state index is 13.8. The zero-order valence-corrected chi connectivity index (χ0v) is 24.2. The van der Waals surface area contributed by atoms with Crippen molar-refractivity contribution < 1.29 is 23.8 Å². The number of benzene rings is 2. The number of hydrogen-bond donors (Lipinski definition) is 0. The number of carbonyl (C=O) groups excluding carboxylic acids is 2. The number of amides is 1. The highest BCUT2D eigenvalue weighted by Crippen LogP contribution is 2.37. The molecule has 1 amide bonds. The summed E-state index contributed by atoms with van der Waals surface area (Å²) in [4.78, 5) is 34.2. The molecule has 3 aromatic rings. The van der Waals surface area contributed by atoms with Crippen LogP contribution in [-0.2, 0) is 17.6 Å². The fourth-order valence-electron chi connectivity index (χ4n) is 5.71. The number of hydrogen-bond acceptors (Lipinski definition) is 8. The predicted octanol–water partition coefficient (Wildman–Crippen LogP) is 5.85. The van der Waals surface area contributed by atoms with Gasteiger partial charge in [0.15, 0.2) is 11.5 Å². The van der Waals surface area contributed by atoms with E-state index in [9.17, 15) is 9.59 Å². The molecule has 2 aliphatic carbocycles. The maximum Gasteiger partial charge on any atom is 0.435 e. The van der Waals surface area contributed by atoms with Gasteiger partial charge in [0.2, 0.25) is 0 Å². The average Bonchev–Trinajstić information content (AvgIpc) is 3.79. The van der Waals surface area contributed by atoms with Crippen molar-refractivity contribution in [3.05, 3.63) is 86.4 Å². The van der Waals surface area contributed by atoms with Gasteiger partial charge in [-0.15, -0.1) is 0 Å². The Morgan fingerprint density at radius 1 is 1.00 bits per heavy atom. The number of azide groups is 2. The van der Waals surface area contributed by atoms with Gasteiger partial charge in [-0.2, -0.15) is 9.78 Å². The highest BCUT2D eigenvalue weighted by atomic mass is 16.6. The summed E-state index contributed by atoms with van der Waals surface area (Å²) in [5.41, 5.74) is 20.3. The van der Waals surface area contributed by atoms with Crippen molar-refractivity contribution in [3.63, 3.8) is 0 Å². The van der Waals surface area contributed by atoms with E-state index in [4.69, 9.17) is 25.3 Å². The molecule has 2 aromatic carbocycles. The second kappa shape index (κ2) is 12.2. The normalized spacial score (nSPS) is 18.1. The highest BCUT2D eigenvalue weighted by Gasteiger charge is 2.40. The van der Waals surface area contributed by atoms with Crippen LogP contribution in [0.25, 0.3) is 32.0 Å². The van der Waals surface area contributed by atoms with Crippen LogP contribution in [0.2, 0.25) is 0 Å². The van der Waals surface area contributed by atoms with E-state index in [1.54, 1.807) is 6.20 Å². The first kappa shape index (κ1) is 28.9. The van der Waals surface area contributed by atoms with E-state index in [1.807, 2.05) is 47.4 Å². The Bertz CT molecular complexity index is 1650. The molecule has 0 N–H and O–H groups in total. The molecule has 6 rings (SSSR count). The molecule has 226 valence electrons. The second-order valence-electron chi connectivity index (χ2n) is 11.4. The quantitative estimate of drug-likeness (QED) is 0.169. The maximum atomic E-state index is 13.8. The van der Waals surface area contributed by atoms with Gasteiger partial charge >= 0.3 is 6.09 Å². The minimum absolute atomic E-state index is 0.00617. The smallest absolute Gasteiger partial charge is 0.435 e. The number of aromatic nitrogens is 2. The minimum atomic E-state index is -1.32. The Balaban J connectivity index is 1.15. The summed E-state index contributed by atoms with van der Waals surface area (Å²) in [6.45, 7) is 2.18. The van der Waals surface area contributed by atoms with Crippen molar-refractivity contribution in [1.29, 1.82) is 0 Å². The lowest BCUT2D eigenvalue weighted by Gasteiger charge is -2.34. The fraction of sp³-hybridized carbons (Fsp3) is 0.433. The van der Waals surface area contributed by atoms with Gasteiger partial charge in [-0.05, 0) is 91.0 Å².